The van der Waals surface area contributed by atoms with Crippen LogP contribution >= 0.6 is 0 Å². The van der Waals surface area contributed by atoms with Crippen molar-refractivity contribution in [3.8, 4) is 28.4 Å². The third-order valence-electron chi connectivity index (χ3n) is 8.71. The average molecular weight is 654 g/mol. The van der Waals surface area contributed by atoms with Gasteiger partial charge < -0.3 is 34.7 Å². The van der Waals surface area contributed by atoms with Crippen LogP contribution in [0.2, 0.25) is 0 Å². The lowest BCUT2D eigenvalue weighted by molar-refractivity contribution is -0.123. The lowest BCUT2D eigenvalue weighted by atomic mass is 9.95. The number of benzene rings is 2. The third-order valence-corrected chi connectivity index (χ3v) is 8.71. The van der Waals surface area contributed by atoms with Crippen LogP contribution in [-0.2, 0) is 23.1 Å². The molecule has 1 heterocycles. The molecule has 3 aromatic carbocycles. The van der Waals surface area contributed by atoms with Gasteiger partial charge in [0.25, 0.3) is 0 Å². The number of anilines is 1. The summed E-state index contributed by atoms with van der Waals surface area (Å²) in [6.07, 6.45) is 4.65. The summed E-state index contributed by atoms with van der Waals surface area (Å²) in [5.74, 6) is 1.40. The molecule has 1 aliphatic carbocycles. The molecule has 1 aromatic heterocycles. The van der Waals surface area contributed by atoms with Crippen LogP contribution in [0.4, 0.5) is 5.69 Å². The van der Waals surface area contributed by atoms with Gasteiger partial charge in [0.1, 0.15) is 17.9 Å². The van der Waals surface area contributed by atoms with Crippen molar-refractivity contribution in [2.24, 2.45) is 13.0 Å². The molecule has 2 amide bonds. The predicted octanol–water partition coefficient (Wildman–Crippen LogP) is 4.94. The standard InChI is InChI=1S/C37H43N5O6/c1-21(2)32(37(45)41-33(23-11-9-8-10-12-23)36-38-17-18-42(36)4)40-28-16-14-25-26(20-29(28)44)27(39-22(3)43)15-13-24-19-30(46-5)34(47-6)35(48-7)31(24)25/h8-12,14,16-21,27,32-33H,13,15H2,1-7H3,(H,39,43)(H,40,44)(H,41,45)/t27-,32-,33?/m0/s1. The third kappa shape index (κ3) is 6.85. The zero-order valence-electron chi connectivity index (χ0n) is 28.4. The molecule has 3 N–H and O–H groups in total. The number of rotatable bonds is 11. The second-order valence-corrected chi connectivity index (χ2v) is 12.2. The number of imidazole rings is 1. The fourth-order valence-corrected chi connectivity index (χ4v) is 6.36. The summed E-state index contributed by atoms with van der Waals surface area (Å²) >= 11 is 0. The van der Waals surface area contributed by atoms with E-state index in [1.54, 1.807) is 39.7 Å². The molecule has 0 spiro atoms. The van der Waals surface area contributed by atoms with Crippen molar-refractivity contribution >= 4 is 17.5 Å². The van der Waals surface area contributed by atoms with E-state index in [1.165, 1.54) is 6.92 Å². The Hall–Kier alpha value is -5.32. The number of ether oxygens (including phenoxy) is 3. The highest BCUT2D eigenvalue weighted by atomic mass is 16.5. The first kappa shape index (κ1) is 34.0. The number of aromatic nitrogens is 2. The van der Waals surface area contributed by atoms with E-state index in [2.05, 4.69) is 20.9 Å². The first-order valence-electron chi connectivity index (χ1n) is 15.9. The van der Waals surface area contributed by atoms with Gasteiger partial charge in [0.2, 0.25) is 23.0 Å². The molecule has 0 saturated carbocycles. The summed E-state index contributed by atoms with van der Waals surface area (Å²) in [6, 6.07) is 14.9. The van der Waals surface area contributed by atoms with Crippen LogP contribution in [-0.4, -0.2) is 48.7 Å². The van der Waals surface area contributed by atoms with Gasteiger partial charge in [0.05, 0.1) is 33.1 Å². The van der Waals surface area contributed by atoms with Gasteiger partial charge >= 0.3 is 0 Å². The van der Waals surface area contributed by atoms with Crippen molar-refractivity contribution in [3.05, 3.63) is 99.7 Å². The zero-order chi connectivity index (χ0) is 34.5. The van der Waals surface area contributed by atoms with Gasteiger partial charge in [-0.25, -0.2) is 4.98 Å². The van der Waals surface area contributed by atoms with E-state index in [0.29, 0.717) is 47.0 Å². The summed E-state index contributed by atoms with van der Waals surface area (Å²) in [5, 5.41) is 9.46. The lowest BCUT2D eigenvalue weighted by Gasteiger charge is -2.26. The van der Waals surface area contributed by atoms with Gasteiger partial charge in [-0.15, -0.1) is 0 Å². The summed E-state index contributed by atoms with van der Waals surface area (Å²) < 4.78 is 19.1. The van der Waals surface area contributed by atoms with E-state index >= 15 is 0 Å². The number of nitrogens with one attached hydrogen (secondary N) is 3. The molecule has 0 radical (unpaired) electrons. The van der Waals surface area contributed by atoms with E-state index in [-0.39, 0.29) is 28.8 Å². The Kier molecular flexibility index (Phi) is 10.4. The molecule has 1 unspecified atom stereocenters. The molecule has 0 saturated heterocycles. The zero-order valence-corrected chi connectivity index (χ0v) is 28.4. The minimum atomic E-state index is -0.760. The number of methoxy groups -OCH3 is 3. The highest BCUT2D eigenvalue weighted by Crippen LogP contribution is 2.50. The summed E-state index contributed by atoms with van der Waals surface area (Å²) in [7, 11) is 6.55. The maximum atomic E-state index is 14.0. The lowest BCUT2D eigenvalue weighted by Crippen LogP contribution is -2.45. The second-order valence-electron chi connectivity index (χ2n) is 12.2. The molecule has 0 fully saturated rings. The maximum Gasteiger partial charge on any atom is 0.243 e. The molecule has 3 atom stereocenters. The van der Waals surface area contributed by atoms with Crippen molar-refractivity contribution < 1.29 is 23.8 Å². The van der Waals surface area contributed by atoms with Gasteiger partial charge in [-0.3, -0.25) is 14.4 Å². The Morgan fingerprint density at radius 1 is 0.979 bits per heavy atom. The topological polar surface area (TPSA) is 133 Å². The first-order chi connectivity index (χ1) is 23.1. The number of carbonyl (C=O) groups excluding carboxylic acids is 2. The molecule has 11 heteroatoms. The highest BCUT2D eigenvalue weighted by molar-refractivity contribution is 5.86. The van der Waals surface area contributed by atoms with Crippen LogP contribution < -0.4 is 35.6 Å². The van der Waals surface area contributed by atoms with E-state index in [9.17, 15) is 14.4 Å². The minimum Gasteiger partial charge on any atom is -0.493 e. The van der Waals surface area contributed by atoms with Gasteiger partial charge in [0, 0.05) is 31.9 Å². The molecule has 48 heavy (non-hydrogen) atoms. The number of aryl methyl sites for hydroxylation is 2. The molecule has 0 bridgehead atoms. The van der Waals surface area contributed by atoms with Crippen molar-refractivity contribution in [1.82, 2.24) is 20.2 Å². The number of carbonyl (C=O) groups is 2. The van der Waals surface area contributed by atoms with Crippen LogP contribution in [0.25, 0.3) is 11.1 Å². The Morgan fingerprint density at radius 2 is 1.71 bits per heavy atom. The monoisotopic (exact) mass is 653 g/mol. The van der Waals surface area contributed by atoms with Gasteiger partial charge in [-0.1, -0.05) is 50.2 Å². The van der Waals surface area contributed by atoms with Crippen LogP contribution in [0.5, 0.6) is 17.2 Å². The molecule has 0 aliphatic heterocycles. The minimum absolute atomic E-state index is 0.185. The van der Waals surface area contributed by atoms with Crippen LogP contribution in [0.1, 0.15) is 61.8 Å². The fourth-order valence-electron chi connectivity index (χ4n) is 6.36. The van der Waals surface area contributed by atoms with Crippen molar-refractivity contribution in [2.45, 2.75) is 51.7 Å². The molecule has 11 nitrogen and oxygen atoms in total. The first-order valence-corrected chi connectivity index (χ1v) is 15.9. The van der Waals surface area contributed by atoms with Gasteiger partial charge in [-0.05, 0) is 59.2 Å². The smallest absolute Gasteiger partial charge is 0.243 e. The molecule has 1 aliphatic rings. The summed E-state index contributed by atoms with van der Waals surface area (Å²) in [6.45, 7) is 5.30. The Labute approximate surface area is 280 Å². The Bertz CT molecular complexity index is 1860. The predicted molar refractivity (Wildman–Crippen MR) is 185 cm³/mol. The maximum absolute atomic E-state index is 14.0. The van der Waals surface area contributed by atoms with E-state index in [4.69, 9.17) is 14.2 Å². The number of amides is 2. The normalized spacial score (nSPS) is 14.9. The summed E-state index contributed by atoms with van der Waals surface area (Å²) in [4.78, 5) is 44.9. The molecule has 252 valence electrons. The Balaban J connectivity index is 1.59. The second kappa shape index (κ2) is 14.6. The molecular formula is C37H43N5O6. The summed E-state index contributed by atoms with van der Waals surface area (Å²) in [5.41, 5.74) is 3.81. The van der Waals surface area contributed by atoms with Crippen molar-refractivity contribution in [3.63, 3.8) is 0 Å². The van der Waals surface area contributed by atoms with E-state index < -0.39 is 18.1 Å². The van der Waals surface area contributed by atoms with Crippen LogP contribution in [0, 0.1) is 5.92 Å². The number of hydrogen-bond acceptors (Lipinski definition) is 8. The van der Waals surface area contributed by atoms with E-state index in [1.807, 2.05) is 74.1 Å². The largest absolute Gasteiger partial charge is 0.493 e. The van der Waals surface area contributed by atoms with Gasteiger partial charge in [-0.2, -0.15) is 0 Å². The Morgan fingerprint density at radius 3 is 2.31 bits per heavy atom. The highest BCUT2D eigenvalue weighted by Gasteiger charge is 2.31. The molecule has 4 aromatic rings. The van der Waals surface area contributed by atoms with Crippen LogP contribution in [0.15, 0.2) is 71.8 Å². The van der Waals surface area contributed by atoms with E-state index in [0.717, 1.165) is 16.7 Å². The van der Waals surface area contributed by atoms with Crippen molar-refractivity contribution in [2.75, 3.05) is 26.6 Å². The molecule has 5 rings (SSSR count). The number of fused-ring (bicyclic) bond motifs is 3. The number of hydrogen-bond donors (Lipinski definition) is 3. The van der Waals surface area contributed by atoms with Crippen LogP contribution in [0.3, 0.4) is 0 Å². The number of nitrogens with zero attached hydrogens (tertiary/aromatic N) is 2. The van der Waals surface area contributed by atoms with Crippen molar-refractivity contribution in [1.29, 1.82) is 0 Å². The SMILES string of the molecule is COc1cc2c(c(OC)c1OC)-c1ccc(N[C@H](C(=O)NC(c3ccccc3)c3nccn3C)C(C)C)c(=O)cc1[C@@H](NC(C)=O)CC2. The van der Waals surface area contributed by atoms with Gasteiger partial charge in [0.15, 0.2) is 11.5 Å². The fraction of sp³-hybridized carbons (Fsp3) is 0.351. The average Bonchev–Trinajstić information content (AvgIpc) is 3.36. The quantitative estimate of drug-likeness (QED) is 0.208. The molecular weight excluding hydrogens is 610 g/mol.